The van der Waals surface area contributed by atoms with E-state index in [1.54, 1.807) is 12.3 Å². The smallest absolute Gasteiger partial charge is 0.128 e. The van der Waals surface area contributed by atoms with Crippen LogP contribution >= 0.6 is 22.6 Å². The first-order valence-electron chi connectivity index (χ1n) is 7.51. The summed E-state index contributed by atoms with van der Waals surface area (Å²) < 4.78 is 24.2. The fourth-order valence-corrected chi connectivity index (χ4v) is 2.57. The Kier molecular flexibility index (Phi) is 3.37. The molecular formula is C13H20IN3. The van der Waals surface area contributed by atoms with Crippen molar-refractivity contribution in [2.24, 2.45) is 11.7 Å². The molecule has 1 fully saturated rings. The molecule has 0 aromatic carbocycles. The first-order valence-corrected chi connectivity index (χ1v) is 7.09. The molecule has 1 aromatic heterocycles. The summed E-state index contributed by atoms with van der Waals surface area (Å²) in [6.45, 7) is -1.63. The summed E-state index contributed by atoms with van der Waals surface area (Å²) in [5.41, 5.74) is 5.90. The number of nitrogens with zero attached hydrogens (tertiary/aromatic N) is 2. The summed E-state index contributed by atoms with van der Waals surface area (Å²) in [6, 6.07) is 3.95. The van der Waals surface area contributed by atoms with E-state index in [2.05, 4.69) is 27.6 Å². The fourth-order valence-electron chi connectivity index (χ4n) is 2.25. The van der Waals surface area contributed by atoms with Gasteiger partial charge in [0.25, 0.3) is 0 Å². The highest BCUT2D eigenvalue weighted by atomic mass is 127. The highest BCUT2D eigenvalue weighted by molar-refractivity contribution is 14.1. The summed E-state index contributed by atoms with van der Waals surface area (Å²) in [5.74, 6) is 0.914. The monoisotopic (exact) mass is 348 g/mol. The average Bonchev–Trinajstić information content (AvgIpc) is 2.38. The summed E-state index contributed by atoms with van der Waals surface area (Å²) in [4.78, 5) is 5.71. The minimum absolute atomic E-state index is 0.281. The van der Waals surface area contributed by atoms with Gasteiger partial charge in [0.2, 0.25) is 0 Å². The van der Waals surface area contributed by atoms with E-state index in [4.69, 9.17) is 9.85 Å². The first kappa shape index (κ1) is 9.55. The van der Waals surface area contributed by atoms with E-state index in [-0.39, 0.29) is 6.04 Å². The minimum Gasteiger partial charge on any atom is -0.359 e. The summed E-state index contributed by atoms with van der Waals surface area (Å²) in [6.07, 6.45) is 5.67. The van der Waals surface area contributed by atoms with Crippen molar-refractivity contribution in [2.75, 3.05) is 18.4 Å². The van der Waals surface area contributed by atoms with E-state index in [1.807, 2.05) is 6.07 Å². The number of halogens is 1. The van der Waals surface area contributed by atoms with Gasteiger partial charge in [0, 0.05) is 33.4 Å². The summed E-state index contributed by atoms with van der Waals surface area (Å²) in [7, 11) is 0. The van der Waals surface area contributed by atoms with Crippen LogP contribution in [0.25, 0.3) is 0 Å². The lowest BCUT2D eigenvalue weighted by atomic mass is 9.86. The topological polar surface area (TPSA) is 42.1 Å². The van der Waals surface area contributed by atoms with Gasteiger partial charge in [-0.2, -0.15) is 0 Å². The molecule has 1 aromatic rings. The van der Waals surface area contributed by atoms with Crippen molar-refractivity contribution in [2.45, 2.75) is 31.7 Å². The highest BCUT2D eigenvalue weighted by Crippen LogP contribution is 2.25. The molecule has 1 aliphatic rings. The van der Waals surface area contributed by atoms with E-state index in [1.165, 1.54) is 4.90 Å². The van der Waals surface area contributed by atoms with Crippen molar-refractivity contribution >= 4 is 28.4 Å². The molecule has 4 heteroatoms. The second-order valence-electron chi connectivity index (χ2n) is 4.73. The van der Waals surface area contributed by atoms with Gasteiger partial charge in [0.1, 0.15) is 5.82 Å². The maximum atomic E-state index is 7.73. The van der Waals surface area contributed by atoms with Gasteiger partial charge in [-0.1, -0.05) is 0 Å². The second-order valence-corrected chi connectivity index (χ2v) is 5.97. The Morgan fingerprint density at radius 3 is 2.82 bits per heavy atom. The van der Waals surface area contributed by atoms with Crippen molar-refractivity contribution in [3.63, 3.8) is 0 Å². The van der Waals surface area contributed by atoms with Crippen LogP contribution in [-0.4, -0.2) is 24.5 Å². The van der Waals surface area contributed by atoms with Crippen molar-refractivity contribution in [1.82, 2.24) is 4.98 Å². The lowest BCUT2D eigenvalue weighted by molar-refractivity contribution is 0.329. The van der Waals surface area contributed by atoms with Crippen LogP contribution in [0.3, 0.4) is 0 Å². The molecule has 1 saturated carbocycles. The van der Waals surface area contributed by atoms with Crippen LogP contribution in [0.1, 0.15) is 29.8 Å². The zero-order valence-electron chi connectivity index (χ0n) is 12.8. The molecule has 0 unspecified atom stereocenters. The number of pyridine rings is 1. The molecule has 0 atom stereocenters. The summed E-state index contributed by atoms with van der Waals surface area (Å²) >= 11 is 2.16. The molecule has 0 saturated heterocycles. The van der Waals surface area contributed by atoms with E-state index >= 15 is 0 Å². The predicted octanol–water partition coefficient (Wildman–Crippen LogP) is 2.64. The normalized spacial score (nSPS) is 28.0. The molecule has 0 bridgehead atoms. The number of rotatable bonds is 3. The molecular weight excluding hydrogens is 325 g/mol. The van der Waals surface area contributed by atoms with Gasteiger partial charge >= 0.3 is 0 Å². The van der Waals surface area contributed by atoms with E-state index in [0.29, 0.717) is 18.3 Å². The SMILES string of the molecule is [2H]C([2H])([2H])N(C[C@H]1CC[C@H](N)CC1)c1ccc(I)cn1. The van der Waals surface area contributed by atoms with Crippen LogP contribution in [0.15, 0.2) is 18.3 Å². The van der Waals surface area contributed by atoms with Crippen LogP contribution in [0.4, 0.5) is 5.82 Å². The molecule has 3 nitrogen and oxygen atoms in total. The summed E-state index contributed by atoms with van der Waals surface area (Å²) in [5, 5.41) is 0. The van der Waals surface area contributed by atoms with Crippen LogP contribution in [0, 0.1) is 9.49 Å². The van der Waals surface area contributed by atoms with Crippen LogP contribution in [0.5, 0.6) is 0 Å². The fraction of sp³-hybridized carbons (Fsp3) is 0.615. The van der Waals surface area contributed by atoms with Gasteiger partial charge in [0.15, 0.2) is 0 Å². The van der Waals surface area contributed by atoms with Gasteiger partial charge in [-0.25, -0.2) is 4.98 Å². The Balaban J connectivity index is 2.10. The van der Waals surface area contributed by atoms with E-state index < -0.39 is 6.98 Å². The third-order valence-corrected chi connectivity index (χ3v) is 3.96. The van der Waals surface area contributed by atoms with Gasteiger partial charge < -0.3 is 10.6 Å². The van der Waals surface area contributed by atoms with E-state index in [9.17, 15) is 0 Å². The molecule has 0 amide bonds. The van der Waals surface area contributed by atoms with Gasteiger partial charge in [-0.05, 0) is 66.3 Å². The zero-order chi connectivity index (χ0) is 14.8. The maximum Gasteiger partial charge on any atom is 0.128 e. The van der Waals surface area contributed by atoms with Crippen LogP contribution < -0.4 is 10.6 Å². The van der Waals surface area contributed by atoms with E-state index in [0.717, 1.165) is 29.3 Å². The molecule has 0 radical (unpaired) electrons. The quantitative estimate of drug-likeness (QED) is 0.854. The lowest BCUT2D eigenvalue weighted by Crippen LogP contribution is -2.32. The van der Waals surface area contributed by atoms with Crippen molar-refractivity contribution in [1.29, 1.82) is 0 Å². The predicted molar refractivity (Wildman–Crippen MR) is 80.2 cm³/mol. The lowest BCUT2D eigenvalue weighted by Gasteiger charge is -2.30. The number of anilines is 1. The third-order valence-electron chi connectivity index (χ3n) is 3.32. The Morgan fingerprint density at radius 2 is 2.24 bits per heavy atom. The molecule has 0 spiro atoms. The number of hydrogen-bond donors (Lipinski definition) is 1. The number of aromatic nitrogens is 1. The Morgan fingerprint density at radius 1 is 1.47 bits per heavy atom. The van der Waals surface area contributed by atoms with Crippen LogP contribution in [-0.2, 0) is 0 Å². The number of hydrogen-bond acceptors (Lipinski definition) is 3. The molecule has 1 aliphatic carbocycles. The van der Waals surface area contributed by atoms with Crippen molar-refractivity contribution < 1.29 is 4.11 Å². The van der Waals surface area contributed by atoms with Gasteiger partial charge in [0.05, 0.1) is 0 Å². The van der Waals surface area contributed by atoms with Crippen molar-refractivity contribution in [3.05, 3.63) is 21.9 Å². The Bertz CT molecular complexity index is 427. The minimum atomic E-state index is -2.15. The van der Waals surface area contributed by atoms with Crippen molar-refractivity contribution in [3.8, 4) is 0 Å². The maximum absolute atomic E-state index is 7.73. The standard InChI is InChI=1S/C13H20IN3/c1-17(13-7-4-11(14)8-16-13)9-10-2-5-12(15)6-3-10/h4,7-8,10,12H,2-3,5-6,9,15H2,1H3/t10-,12-/i1D3. The molecule has 17 heavy (non-hydrogen) atoms. The average molecular weight is 348 g/mol. The molecule has 1 heterocycles. The largest absolute Gasteiger partial charge is 0.359 e. The Hall–Kier alpha value is -0.360. The Labute approximate surface area is 121 Å². The zero-order valence-corrected chi connectivity index (χ0v) is 11.9. The molecule has 94 valence electrons. The third kappa shape index (κ3) is 3.81. The molecule has 2 N–H and O–H groups in total. The van der Waals surface area contributed by atoms with Gasteiger partial charge in [-0.3, -0.25) is 0 Å². The molecule has 0 aliphatic heterocycles. The molecule has 2 rings (SSSR count). The van der Waals surface area contributed by atoms with Crippen LogP contribution in [0.2, 0.25) is 0 Å². The second kappa shape index (κ2) is 6.00. The van der Waals surface area contributed by atoms with Gasteiger partial charge in [-0.15, -0.1) is 0 Å². The highest BCUT2D eigenvalue weighted by Gasteiger charge is 2.20. The number of nitrogens with two attached hydrogens (primary N) is 1. The first-order chi connectivity index (χ1) is 9.36.